The van der Waals surface area contributed by atoms with Crippen LogP contribution in [0.3, 0.4) is 0 Å². The summed E-state index contributed by atoms with van der Waals surface area (Å²) in [5.41, 5.74) is 1.13. The van der Waals surface area contributed by atoms with E-state index in [9.17, 15) is 0 Å². The van der Waals surface area contributed by atoms with Crippen molar-refractivity contribution in [3.8, 4) is 11.5 Å². The molecular weight excluding hydrogens is 288 g/mol. The number of ether oxygens (including phenoxy) is 2. The number of nitrogens with one attached hydrogen (secondary N) is 1. The van der Waals surface area contributed by atoms with Crippen LogP contribution < -0.4 is 14.8 Å². The Bertz CT molecular complexity index is 448. The van der Waals surface area contributed by atoms with Gasteiger partial charge in [0.25, 0.3) is 0 Å². The first-order valence-corrected chi connectivity index (χ1v) is 7.96. The lowest BCUT2D eigenvalue weighted by molar-refractivity contribution is 0.237. The van der Waals surface area contributed by atoms with E-state index in [0.717, 1.165) is 44.6 Å². The van der Waals surface area contributed by atoms with Crippen LogP contribution in [-0.2, 0) is 6.42 Å². The lowest BCUT2D eigenvalue weighted by Gasteiger charge is -2.27. The average Bonchev–Trinajstić information content (AvgIpc) is 2.53. The van der Waals surface area contributed by atoms with Gasteiger partial charge in [-0.3, -0.25) is 0 Å². The molecule has 0 aliphatic carbocycles. The Labute approximate surface area is 132 Å². The summed E-state index contributed by atoms with van der Waals surface area (Å²) in [5, 5.41) is 4.06. The van der Waals surface area contributed by atoms with Gasteiger partial charge in [-0.1, -0.05) is 17.7 Å². The van der Waals surface area contributed by atoms with Crippen LogP contribution in [0.2, 0.25) is 5.02 Å². The number of nitrogens with zero attached hydrogens (tertiary/aromatic N) is 1. The van der Waals surface area contributed by atoms with Gasteiger partial charge in [0.15, 0.2) is 11.5 Å². The van der Waals surface area contributed by atoms with Gasteiger partial charge in [0.1, 0.15) is 0 Å². The molecule has 0 radical (unpaired) electrons. The fraction of sp³-hybridized carbons (Fsp3) is 0.625. The van der Waals surface area contributed by atoms with Gasteiger partial charge in [-0.05, 0) is 37.4 Å². The molecule has 0 aromatic heterocycles. The van der Waals surface area contributed by atoms with Crippen molar-refractivity contribution in [3.05, 3.63) is 22.7 Å². The maximum atomic E-state index is 6.40. The predicted molar refractivity (Wildman–Crippen MR) is 86.8 cm³/mol. The Kier molecular flexibility index (Phi) is 6.61. The first-order valence-electron chi connectivity index (χ1n) is 7.58. The molecule has 1 fully saturated rings. The van der Waals surface area contributed by atoms with Gasteiger partial charge >= 0.3 is 0 Å². The van der Waals surface area contributed by atoms with E-state index in [0.29, 0.717) is 16.5 Å². The van der Waals surface area contributed by atoms with Gasteiger partial charge in [0.05, 0.1) is 19.2 Å². The number of methoxy groups -OCH3 is 2. The molecule has 1 aromatic carbocycles. The van der Waals surface area contributed by atoms with Crippen LogP contribution in [-0.4, -0.2) is 51.8 Å². The molecule has 118 valence electrons. The zero-order chi connectivity index (χ0) is 15.1. The summed E-state index contributed by atoms with van der Waals surface area (Å²) in [6.07, 6.45) is 3.31. The second-order valence-electron chi connectivity index (χ2n) is 5.32. The highest BCUT2D eigenvalue weighted by molar-refractivity contribution is 6.33. The summed E-state index contributed by atoms with van der Waals surface area (Å²) in [7, 11) is 3.25. The minimum atomic E-state index is 0.638. The summed E-state index contributed by atoms with van der Waals surface area (Å²) in [6.45, 7) is 5.73. The minimum absolute atomic E-state index is 0.638. The molecule has 1 saturated heterocycles. The molecule has 1 N–H and O–H groups in total. The van der Waals surface area contributed by atoms with Crippen molar-refractivity contribution in [2.75, 3.05) is 46.9 Å². The Morgan fingerprint density at radius 1 is 1.14 bits per heavy atom. The molecule has 0 spiro atoms. The van der Waals surface area contributed by atoms with Gasteiger partial charge in [0, 0.05) is 26.2 Å². The quantitative estimate of drug-likeness (QED) is 0.785. The second-order valence-corrected chi connectivity index (χ2v) is 5.70. The van der Waals surface area contributed by atoms with Crippen LogP contribution in [0.25, 0.3) is 0 Å². The molecule has 0 bridgehead atoms. The summed E-state index contributed by atoms with van der Waals surface area (Å²) in [5.74, 6) is 1.32. The highest BCUT2D eigenvalue weighted by Crippen LogP contribution is 2.37. The Hall–Kier alpha value is -0.970. The lowest BCUT2D eigenvalue weighted by atomic mass is 10.1. The molecule has 0 saturated carbocycles. The number of benzene rings is 1. The Morgan fingerprint density at radius 2 is 1.90 bits per heavy atom. The van der Waals surface area contributed by atoms with Crippen molar-refractivity contribution in [2.45, 2.75) is 19.3 Å². The number of unbranched alkanes of at least 4 members (excludes halogenated alkanes) is 1. The number of piperazine rings is 1. The van der Waals surface area contributed by atoms with E-state index in [-0.39, 0.29) is 0 Å². The third kappa shape index (κ3) is 4.50. The van der Waals surface area contributed by atoms with E-state index in [4.69, 9.17) is 21.1 Å². The normalized spacial score (nSPS) is 16.0. The van der Waals surface area contributed by atoms with Gasteiger partial charge in [-0.15, -0.1) is 0 Å². The molecule has 1 aromatic rings. The third-order valence-electron chi connectivity index (χ3n) is 3.95. The van der Waals surface area contributed by atoms with Crippen LogP contribution >= 0.6 is 11.6 Å². The summed E-state index contributed by atoms with van der Waals surface area (Å²) >= 11 is 6.40. The van der Waals surface area contributed by atoms with E-state index >= 15 is 0 Å². The van der Waals surface area contributed by atoms with Crippen LogP contribution in [0, 0.1) is 0 Å². The molecular formula is C16H25ClN2O2. The largest absolute Gasteiger partial charge is 0.493 e. The van der Waals surface area contributed by atoms with Gasteiger partial charge in [0.2, 0.25) is 0 Å². The van der Waals surface area contributed by atoms with E-state index in [2.05, 4.69) is 10.2 Å². The maximum absolute atomic E-state index is 6.40. The van der Waals surface area contributed by atoms with Gasteiger partial charge in [-0.25, -0.2) is 0 Å². The van der Waals surface area contributed by atoms with Crippen molar-refractivity contribution < 1.29 is 9.47 Å². The van der Waals surface area contributed by atoms with Crippen molar-refractivity contribution in [1.29, 1.82) is 0 Å². The first kappa shape index (κ1) is 16.4. The summed E-state index contributed by atoms with van der Waals surface area (Å²) in [4.78, 5) is 2.52. The lowest BCUT2D eigenvalue weighted by Crippen LogP contribution is -2.43. The maximum Gasteiger partial charge on any atom is 0.179 e. The third-order valence-corrected chi connectivity index (χ3v) is 4.36. The van der Waals surface area contributed by atoms with Crippen molar-refractivity contribution in [1.82, 2.24) is 10.2 Å². The SMILES string of the molecule is COc1ccc(CCCCN2CCNCC2)c(Cl)c1OC. The van der Waals surface area contributed by atoms with Crippen molar-refractivity contribution >= 4 is 11.6 Å². The average molecular weight is 313 g/mol. The standard InChI is InChI=1S/C16H25ClN2O2/c1-20-14-7-6-13(15(17)16(14)21-2)5-3-4-10-19-11-8-18-9-12-19/h6-7,18H,3-5,8-12H2,1-2H3. The van der Waals surface area contributed by atoms with E-state index in [1.165, 1.54) is 13.0 Å². The molecule has 4 nitrogen and oxygen atoms in total. The number of aryl methyl sites for hydroxylation is 1. The van der Waals surface area contributed by atoms with Crippen LogP contribution in [0.1, 0.15) is 18.4 Å². The van der Waals surface area contributed by atoms with Gasteiger partial charge < -0.3 is 19.7 Å². The molecule has 2 rings (SSSR count). The molecule has 5 heteroatoms. The molecule has 1 aliphatic rings. The van der Waals surface area contributed by atoms with Crippen LogP contribution in [0.5, 0.6) is 11.5 Å². The Morgan fingerprint density at radius 3 is 2.57 bits per heavy atom. The fourth-order valence-corrected chi connectivity index (χ4v) is 3.04. The number of hydrogen-bond donors (Lipinski definition) is 1. The second kappa shape index (κ2) is 8.47. The highest BCUT2D eigenvalue weighted by Gasteiger charge is 2.13. The van der Waals surface area contributed by atoms with E-state index < -0.39 is 0 Å². The summed E-state index contributed by atoms with van der Waals surface area (Å²) in [6, 6.07) is 3.96. The van der Waals surface area contributed by atoms with E-state index in [1.54, 1.807) is 14.2 Å². The molecule has 1 heterocycles. The minimum Gasteiger partial charge on any atom is -0.493 e. The first-order chi connectivity index (χ1) is 10.3. The van der Waals surface area contributed by atoms with Gasteiger partial charge in [-0.2, -0.15) is 0 Å². The number of rotatable bonds is 7. The Balaban J connectivity index is 1.82. The zero-order valence-corrected chi connectivity index (χ0v) is 13.7. The molecule has 1 aliphatic heterocycles. The number of hydrogen-bond acceptors (Lipinski definition) is 4. The molecule has 21 heavy (non-hydrogen) atoms. The predicted octanol–water partition coefficient (Wildman–Crippen LogP) is 2.59. The highest BCUT2D eigenvalue weighted by atomic mass is 35.5. The van der Waals surface area contributed by atoms with E-state index in [1.807, 2.05) is 12.1 Å². The van der Waals surface area contributed by atoms with Crippen molar-refractivity contribution in [2.24, 2.45) is 0 Å². The van der Waals surface area contributed by atoms with Crippen molar-refractivity contribution in [3.63, 3.8) is 0 Å². The monoisotopic (exact) mass is 312 g/mol. The zero-order valence-electron chi connectivity index (χ0n) is 13.0. The number of halogens is 1. The topological polar surface area (TPSA) is 33.7 Å². The summed E-state index contributed by atoms with van der Waals surface area (Å²) < 4.78 is 10.6. The molecule has 0 atom stereocenters. The van der Waals surface area contributed by atoms with Crippen LogP contribution in [0.15, 0.2) is 12.1 Å². The smallest absolute Gasteiger partial charge is 0.179 e. The van der Waals surface area contributed by atoms with Crippen LogP contribution in [0.4, 0.5) is 0 Å². The molecule has 0 unspecified atom stereocenters. The molecule has 0 amide bonds. The fourth-order valence-electron chi connectivity index (χ4n) is 2.71.